The molecule has 464 valence electrons. The molecule has 0 aliphatic rings. The Balaban J connectivity index is 0.915. The highest BCUT2D eigenvalue weighted by Gasteiger charge is 2.15. The number of hydrogen-bond acceptors (Lipinski definition) is 12. The summed E-state index contributed by atoms with van der Waals surface area (Å²) in [4.78, 5) is 52.8. The van der Waals surface area contributed by atoms with Crippen LogP contribution >= 0.6 is 0 Å². The van der Waals surface area contributed by atoms with E-state index in [9.17, 15) is 14.4 Å². The van der Waals surface area contributed by atoms with Gasteiger partial charge < -0.3 is 28.4 Å². The van der Waals surface area contributed by atoms with Crippen LogP contribution in [0.25, 0.3) is 0 Å². The quantitative estimate of drug-likeness (QED) is 0.0158. The van der Waals surface area contributed by atoms with Crippen molar-refractivity contribution in [2.45, 2.75) is 162 Å². The van der Waals surface area contributed by atoms with Crippen LogP contribution in [0.15, 0.2) is 161 Å². The normalized spacial score (nSPS) is 11.9. The number of esters is 3. The van der Waals surface area contributed by atoms with Crippen LogP contribution in [-0.4, -0.2) is 95.5 Å². The van der Waals surface area contributed by atoms with Crippen molar-refractivity contribution >= 4 is 53.6 Å². The van der Waals surface area contributed by atoms with Gasteiger partial charge in [0.25, 0.3) is 0 Å². The van der Waals surface area contributed by atoms with E-state index in [0.717, 1.165) is 53.0 Å². The standard InChI is InChI=1S/C75H95N3O9/c1-4-7-10-13-16-19-22-60-31-43-69(44-32-60)76-55-63-25-37-66(38-26-63)73(79)85-51-49-82-58-72(84-53-54-87-75(81)68-41-29-65(30-42-68)57-78-71-47-35-62(36-48-71)24-21-18-15-12-9-6-3)59-83-50-52-86-74(80)67-39-27-64(28-40-67)56-77-70-45-33-61(34-46-70)23-20-17-14-11-8-5-2/h25-48,55-57,72H,4-24,49-54,58-59H2,1-3H3. The first-order valence-corrected chi connectivity index (χ1v) is 32.3. The molecule has 0 atom stereocenters. The van der Waals surface area contributed by atoms with Crippen LogP contribution < -0.4 is 0 Å². The molecule has 0 aliphatic heterocycles. The lowest BCUT2D eigenvalue weighted by atomic mass is 10.0. The van der Waals surface area contributed by atoms with Gasteiger partial charge in [0.05, 0.1) is 66.8 Å². The smallest absolute Gasteiger partial charge is 0.338 e. The summed E-state index contributed by atoms with van der Waals surface area (Å²) in [6, 6.07) is 46.4. The van der Waals surface area contributed by atoms with Gasteiger partial charge in [-0.05, 0) is 145 Å². The molecule has 0 aromatic heterocycles. The number of rotatable bonds is 44. The van der Waals surface area contributed by atoms with Gasteiger partial charge in [-0.3, -0.25) is 15.0 Å². The largest absolute Gasteiger partial charge is 0.460 e. The van der Waals surface area contributed by atoms with Gasteiger partial charge in [-0.25, -0.2) is 14.4 Å². The molecule has 6 aromatic carbocycles. The first-order valence-electron chi connectivity index (χ1n) is 32.3. The molecule has 0 aliphatic carbocycles. The predicted molar refractivity (Wildman–Crippen MR) is 354 cm³/mol. The number of aryl methyl sites for hydroxylation is 3. The molecular weight excluding hydrogens is 1090 g/mol. The maximum absolute atomic E-state index is 13.0. The van der Waals surface area contributed by atoms with Gasteiger partial charge >= 0.3 is 17.9 Å². The zero-order valence-electron chi connectivity index (χ0n) is 52.2. The second-order valence-corrected chi connectivity index (χ2v) is 22.2. The summed E-state index contributed by atoms with van der Waals surface area (Å²) < 4.78 is 34.4. The number of ether oxygens (including phenoxy) is 6. The minimum absolute atomic E-state index is 0.0100. The van der Waals surface area contributed by atoms with E-state index in [0.29, 0.717) is 16.7 Å². The van der Waals surface area contributed by atoms with Gasteiger partial charge in [0.2, 0.25) is 0 Å². The third-order valence-electron chi connectivity index (χ3n) is 15.0. The van der Waals surface area contributed by atoms with Gasteiger partial charge in [-0.1, -0.05) is 190 Å². The van der Waals surface area contributed by atoms with Crippen molar-refractivity contribution < 1.29 is 42.8 Å². The Kier molecular flexibility index (Phi) is 33.5. The van der Waals surface area contributed by atoms with Crippen molar-refractivity contribution in [3.8, 4) is 0 Å². The van der Waals surface area contributed by atoms with Crippen molar-refractivity contribution in [3.63, 3.8) is 0 Å². The fourth-order valence-electron chi connectivity index (χ4n) is 9.70. The van der Waals surface area contributed by atoms with E-state index in [4.69, 9.17) is 28.4 Å². The van der Waals surface area contributed by atoms with Gasteiger partial charge in [0.1, 0.15) is 25.9 Å². The van der Waals surface area contributed by atoms with Crippen LogP contribution in [0.4, 0.5) is 17.1 Å². The maximum Gasteiger partial charge on any atom is 0.338 e. The Morgan fingerprint density at radius 3 is 0.908 bits per heavy atom. The van der Waals surface area contributed by atoms with Gasteiger partial charge in [-0.2, -0.15) is 0 Å². The Bertz CT molecular complexity index is 2790. The van der Waals surface area contributed by atoms with E-state index in [2.05, 4.69) is 72.1 Å². The number of hydrogen-bond donors (Lipinski definition) is 0. The summed E-state index contributed by atoms with van der Waals surface area (Å²) in [6.07, 6.45) is 31.1. The minimum atomic E-state index is -0.584. The van der Waals surface area contributed by atoms with Crippen LogP contribution in [-0.2, 0) is 47.7 Å². The number of unbranched alkanes of at least 4 members (excludes halogenated alkanes) is 15. The summed E-state index contributed by atoms with van der Waals surface area (Å²) in [5.74, 6) is -1.43. The molecule has 0 unspecified atom stereocenters. The molecule has 0 spiro atoms. The zero-order chi connectivity index (χ0) is 61.2. The summed E-state index contributed by atoms with van der Waals surface area (Å²) in [6.45, 7) is 7.18. The van der Waals surface area contributed by atoms with Crippen molar-refractivity contribution in [2.75, 3.05) is 52.9 Å². The summed E-state index contributed by atoms with van der Waals surface area (Å²) in [7, 11) is 0. The summed E-state index contributed by atoms with van der Waals surface area (Å²) in [5, 5.41) is 0. The van der Waals surface area contributed by atoms with Crippen molar-refractivity contribution in [1.29, 1.82) is 0 Å². The Morgan fingerprint density at radius 2 is 0.609 bits per heavy atom. The highest BCUT2D eigenvalue weighted by atomic mass is 16.6. The average Bonchev–Trinajstić information content (AvgIpc) is 3.76. The molecule has 12 heteroatoms. The molecule has 0 bridgehead atoms. The van der Waals surface area contributed by atoms with Crippen LogP contribution in [0.3, 0.4) is 0 Å². The number of nitrogens with zero attached hydrogens (tertiary/aromatic N) is 3. The van der Waals surface area contributed by atoms with E-state index in [1.165, 1.54) is 132 Å². The van der Waals surface area contributed by atoms with Crippen LogP contribution in [0.2, 0.25) is 0 Å². The Hall–Kier alpha value is -7.38. The number of benzene rings is 6. The molecule has 0 heterocycles. The molecule has 0 radical (unpaired) electrons. The van der Waals surface area contributed by atoms with Gasteiger partial charge in [0, 0.05) is 18.6 Å². The van der Waals surface area contributed by atoms with Gasteiger partial charge in [-0.15, -0.1) is 0 Å². The molecule has 12 nitrogen and oxygen atoms in total. The number of carbonyl (C=O) groups excluding carboxylic acids is 3. The zero-order valence-corrected chi connectivity index (χ0v) is 52.2. The van der Waals surface area contributed by atoms with E-state index in [-0.39, 0.29) is 52.9 Å². The lowest BCUT2D eigenvalue weighted by molar-refractivity contribution is -0.0764. The average molecular weight is 1180 g/mol. The fourth-order valence-corrected chi connectivity index (χ4v) is 9.70. The molecule has 6 aromatic rings. The second-order valence-electron chi connectivity index (χ2n) is 22.2. The minimum Gasteiger partial charge on any atom is -0.460 e. The SMILES string of the molecule is CCCCCCCCc1ccc(N=Cc2ccc(C(=O)OCCOCC(COCCOC(=O)c3ccc(C=Nc4ccc(CCCCCCCC)cc4)cc3)OCCOC(=O)c3ccc(C=Nc4ccc(CCCCCCCC)cc4)cc3)cc2)cc1. The molecule has 0 amide bonds. The monoisotopic (exact) mass is 1180 g/mol. The highest BCUT2D eigenvalue weighted by Crippen LogP contribution is 2.20. The lowest BCUT2D eigenvalue weighted by Gasteiger charge is -2.18. The van der Waals surface area contributed by atoms with E-state index >= 15 is 0 Å². The second kappa shape index (κ2) is 42.5. The molecule has 0 saturated heterocycles. The first-order chi connectivity index (χ1) is 42.8. The maximum atomic E-state index is 13.0. The molecule has 0 N–H and O–H groups in total. The third kappa shape index (κ3) is 28.8. The predicted octanol–water partition coefficient (Wildman–Crippen LogP) is 17.9. The number of aliphatic imine (C=N–C) groups is 3. The Morgan fingerprint density at radius 1 is 0.333 bits per heavy atom. The molecule has 87 heavy (non-hydrogen) atoms. The molecule has 0 saturated carbocycles. The number of carbonyl (C=O) groups is 3. The van der Waals surface area contributed by atoms with E-state index < -0.39 is 24.0 Å². The first kappa shape index (κ1) is 68.7. The van der Waals surface area contributed by atoms with Crippen molar-refractivity contribution in [2.24, 2.45) is 15.0 Å². The van der Waals surface area contributed by atoms with Crippen LogP contribution in [0.1, 0.15) is 201 Å². The third-order valence-corrected chi connectivity index (χ3v) is 15.0. The highest BCUT2D eigenvalue weighted by molar-refractivity contribution is 5.92. The summed E-state index contributed by atoms with van der Waals surface area (Å²) >= 11 is 0. The molecular formula is C75H95N3O9. The Labute approximate surface area is 519 Å². The van der Waals surface area contributed by atoms with Crippen molar-refractivity contribution in [1.82, 2.24) is 0 Å². The lowest BCUT2D eigenvalue weighted by Crippen LogP contribution is -2.29. The fraction of sp³-hybridized carbons (Fsp3) is 0.440. The molecule has 6 rings (SSSR count). The van der Waals surface area contributed by atoms with Crippen LogP contribution in [0.5, 0.6) is 0 Å². The van der Waals surface area contributed by atoms with Crippen molar-refractivity contribution in [3.05, 3.63) is 196 Å². The van der Waals surface area contributed by atoms with Crippen LogP contribution in [0, 0.1) is 0 Å². The van der Waals surface area contributed by atoms with E-state index in [1.807, 2.05) is 72.8 Å². The summed E-state index contributed by atoms with van der Waals surface area (Å²) in [5.41, 5.74) is 10.4. The van der Waals surface area contributed by atoms with E-state index in [1.54, 1.807) is 55.0 Å². The topological polar surface area (TPSA) is 144 Å². The molecule has 0 fully saturated rings. The van der Waals surface area contributed by atoms with Gasteiger partial charge in [0.15, 0.2) is 0 Å².